The molecule has 0 aromatic heterocycles. The summed E-state index contributed by atoms with van der Waals surface area (Å²) in [6.45, 7) is 0. The van der Waals surface area contributed by atoms with Crippen LogP contribution in [0.25, 0.3) is 0 Å². The van der Waals surface area contributed by atoms with E-state index in [0.29, 0.717) is 5.56 Å². The summed E-state index contributed by atoms with van der Waals surface area (Å²) in [5.41, 5.74) is 0.804. The fourth-order valence-electron chi connectivity index (χ4n) is 0.860. The Morgan fingerprint density at radius 3 is 2.14 bits per heavy atom. The monoisotopic (exact) mass is 220 g/mol. The zero-order chi connectivity index (χ0) is 10.6. The Kier molecular flexibility index (Phi) is 3.49. The zero-order valence-electron chi connectivity index (χ0n) is 6.95. The third kappa shape index (κ3) is 3.01. The van der Waals surface area contributed by atoms with Crippen molar-refractivity contribution in [3.63, 3.8) is 0 Å². The highest BCUT2D eigenvalue weighted by atomic mass is 32.1. The molecule has 0 aliphatic carbocycles. The summed E-state index contributed by atoms with van der Waals surface area (Å²) >= 11 is 0. The number of rotatable bonds is 1. The van der Waals surface area contributed by atoms with E-state index in [1.165, 1.54) is 12.1 Å². The summed E-state index contributed by atoms with van der Waals surface area (Å²) < 4.78 is 36.3. The summed E-state index contributed by atoms with van der Waals surface area (Å²) in [4.78, 5) is 0. The minimum Gasteiger partial charge on any atom is -0.358 e. The normalized spacial score (nSPS) is 10.9. The fourth-order valence-corrected chi connectivity index (χ4v) is 1.23. The van der Waals surface area contributed by atoms with E-state index in [2.05, 4.69) is 0 Å². The van der Waals surface area contributed by atoms with Gasteiger partial charge in [0.05, 0.1) is 11.1 Å². The van der Waals surface area contributed by atoms with Crippen LogP contribution < -0.4 is 0 Å². The molecule has 0 saturated heterocycles. The average molecular weight is 220 g/mol. The third-order valence-corrected chi connectivity index (χ3v) is 2.03. The van der Waals surface area contributed by atoms with Crippen molar-refractivity contribution in [2.75, 3.05) is 0 Å². The molecule has 0 atom stereocenters. The van der Waals surface area contributed by atoms with Gasteiger partial charge in [-0.25, -0.2) is 0 Å². The van der Waals surface area contributed by atoms with Crippen LogP contribution in [-0.4, -0.2) is 16.0 Å². The van der Waals surface area contributed by atoms with E-state index in [1.54, 1.807) is 5.37 Å². The second-order valence-electron chi connectivity index (χ2n) is 2.48. The van der Waals surface area contributed by atoms with Crippen LogP contribution in [0.4, 0.5) is 13.2 Å². The van der Waals surface area contributed by atoms with Gasteiger partial charge in [-0.2, -0.15) is 13.2 Å². The molecule has 0 saturated carbocycles. The Morgan fingerprint density at radius 1 is 1.14 bits per heavy atom. The number of alkyl halides is 3. The Bertz CT molecular complexity index is 361. The predicted octanol–water partition coefficient (Wildman–Crippen LogP) is 2.91. The fraction of sp³-hybridized carbons (Fsp3) is 0.111. The van der Waals surface area contributed by atoms with Crippen molar-refractivity contribution in [2.24, 2.45) is 0 Å². The van der Waals surface area contributed by atoms with Gasteiger partial charge in [0.15, 0.2) is 0 Å². The quantitative estimate of drug-likeness (QED) is 0.721. The largest absolute Gasteiger partial charge is 0.416 e. The van der Waals surface area contributed by atoms with Crippen LogP contribution in [0.3, 0.4) is 0 Å². The number of hydrogen-bond acceptors (Lipinski definition) is 0. The lowest BCUT2D eigenvalue weighted by Crippen LogP contribution is -2.04. The van der Waals surface area contributed by atoms with E-state index >= 15 is 0 Å². The van der Waals surface area contributed by atoms with E-state index < -0.39 is 11.7 Å². The van der Waals surface area contributed by atoms with Crippen LogP contribution in [0.1, 0.15) is 11.1 Å². The first-order valence-corrected chi connectivity index (χ1v) is 4.60. The molecule has 1 rings (SSSR count). The highest BCUT2D eigenvalue weighted by Crippen LogP contribution is 2.28. The summed E-state index contributed by atoms with van der Waals surface area (Å²) in [6.07, 6.45) is -4.30. The maximum absolute atomic E-state index is 12.1. The number of aliphatic hydroxyl groups excluding tert-OH is 1. The molecule has 0 aliphatic heterocycles. The number of benzene rings is 1. The maximum atomic E-state index is 12.1. The van der Waals surface area contributed by atoms with Gasteiger partial charge in [0.2, 0.25) is 0 Å². The van der Waals surface area contributed by atoms with Gasteiger partial charge in [-0.15, -0.1) is 10.9 Å². The van der Waals surface area contributed by atoms with Crippen LogP contribution in [0, 0.1) is 0 Å². The second-order valence-corrected chi connectivity index (χ2v) is 3.20. The minimum absolute atomic E-state index is 0.619. The second kappa shape index (κ2) is 4.43. The number of aliphatic hydroxyl groups is 1. The Balaban J connectivity index is 2.95. The lowest BCUT2D eigenvalue weighted by atomic mass is 10.1. The van der Waals surface area contributed by atoms with Crippen molar-refractivity contribution in [2.45, 2.75) is 6.18 Å². The lowest BCUT2D eigenvalue weighted by molar-refractivity contribution is -0.137. The van der Waals surface area contributed by atoms with Crippen molar-refractivity contribution in [1.82, 2.24) is 0 Å². The van der Waals surface area contributed by atoms with E-state index in [9.17, 15) is 13.2 Å². The van der Waals surface area contributed by atoms with Crippen molar-refractivity contribution in [3.05, 3.63) is 35.4 Å². The molecule has 0 aliphatic rings. The molecular weight excluding hydrogens is 213 g/mol. The van der Waals surface area contributed by atoms with Crippen LogP contribution >= 0.6 is 10.9 Å². The van der Waals surface area contributed by atoms with Gasteiger partial charge in [-0.1, -0.05) is 12.1 Å². The maximum Gasteiger partial charge on any atom is 0.416 e. The predicted molar refractivity (Wildman–Crippen MR) is 52.9 cm³/mol. The van der Waals surface area contributed by atoms with E-state index in [-0.39, 0.29) is 0 Å². The zero-order valence-corrected chi connectivity index (χ0v) is 7.77. The summed E-state index contributed by atoms with van der Waals surface area (Å²) in [7, 11) is 0.999. The molecule has 0 amide bonds. The highest BCUT2D eigenvalue weighted by Gasteiger charge is 2.29. The molecular formula is C9H7F3OS. The van der Waals surface area contributed by atoms with Gasteiger partial charge in [-0.3, -0.25) is 0 Å². The molecule has 1 nitrogen and oxygen atoms in total. The first-order valence-electron chi connectivity index (χ1n) is 3.66. The van der Waals surface area contributed by atoms with Gasteiger partial charge in [0.1, 0.15) is 0 Å². The van der Waals surface area contributed by atoms with Crippen molar-refractivity contribution in [1.29, 1.82) is 0 Å². The molecule has 0 radical (unpaired) electrons. The van der Waals surface area contributed by atoms with Crippen molar-refractivity contribution in [3.8, 4) is 0 Å². The van der Waals surface area contributed by atoms with Gasteiger partial charge in [0, 0.05) is 0 Å². The summed E-state index contributed by atoms with van der Waals surface area (Å²) in [5.74, 6) is 0. The molecule has 76 valence electrons. The molecule has 0 spiro atoms. The van der Waals surface area contributed by atoms with Gasteiger partial charge >= 0.3 is 6.18 Å². The van der Waals surface area contributed by atoms with Gasteiger partial charge < -0.3 is 5.11 Å². The lowest BCUT2D eigenvalue weighted by Gasteiger charge is -2.05. The van der Waals surface area contributed by atoms with E-state index in [1.807, 2.05) is 0 Å². The molecule has 0 bridgehead atoms. The Morgan fingerprint density at radius 2 is 1.71 bits per heavy atom. The Labute approximate surface area is 82.3 Å². The first kappa shape index (κ1) is 11.0. The topological polar surface area (TPSA) is 20.2 Å². The smallest absolute Gasteiger partial charge is 0.358 e. The summed E-state index contributed by atoms with van der Waals surface area (Å²) in [6, 6.07) is 4.70. The van der Waals surface area contributed by atoms with Gasteiger partial charge in [-0.05, 0) is 23.1 Å². The third-order valence-electron chi connectivity index (χ3n) is 1.50. The Hall–Kier alpha value is -1.07. The van der Waals surface area contributed by atoms with Crippen molar-refractivity contribution < 1.29 is 18.3 Å². The van der Waals surface area contributed by atoms with E-state index in [0.717, 1.165) is 28.6 Å². The van der Waals surface area contributed by atoms with Crippen LogP contribution in [0.2, 0.25) is 0 Å². The SMILES string of the molecule is OC=S=Cc1ccc(C(F)(F)F)cc1. The van der Waals surface area contributed by atoms with Crippen LogP contribution in [0.5, 0.6) is 0 Å². The standard InChI is InChI=1S/C9H7F3OS/c10-9(11,12)8-3-1-7(2-4-8)5-14-6-13/h1-6,13H. The summed E-state index contributed by atoms with van der Waals surface area (Å²) in [5, 5.41) is 9.88. The van der Waals surface area contributed by atoms with Crippen LogP contribution in [0.15, 0.2) is 24.3 Å². The minimum atomic E-state index is -4.30. The molecule has 1 aromatic carbocycles. The molecule has 1 aromatic rings. The van der Waals surface area contributed by atoms with Crippen LogP contribution in [-0.2, 0) is 6.18 Å². The average Bonchev–Trinajstić information content (AvgIpc) is 2.14. The molecule has 0 fully saturated rings. The molecule has 0 unspecified atom stereocenters. The molecule has 14 heavy (non-hydrogen) atoms. The molecule has 0 heterocycles. The molecule has 5 heteroatoms. The molecule has 1 N–H and O–H groups in total. The number of halogens is 3. The van der Waals surface area contributed by atoms with E-state index in [4.69, 9.17) is 5.11 Å². The highest BCUT2D eigenvalue weighted by molar-refractivity contribution is 7.95. The van der Waals surface area contributed by atoms with Gasteiger partial charge in [0.25, 0.3) is 0 Å². The first-order chi connectivity index (χ1) is 6.54. The van der Waals surface area contributed by atoms with Crippen molar-refractivity contribution >= 4 is 21.9 Å². The number of hydrogen-bond donors (Lipinski definition) is 1.